The van der Waals surface area contributed by atoms with Gasteiger partial charge in [0.15, 0.2) is 5.11 Å². The van der Waals surface area contributed by atoms with Gasteiger partial charge in [0.05, 0.1) is 6.10 Å². The Morgan fingerprint density at radius 2 is 1.72 bits per heavy atom. The molecule has 0 aromatic carbocycles. The number of hydrogen-bond acceptors (Lipinski definition) is 2. The summed E-state index contributed by atoms with van der Waals surface area (Å²) in [6.07, 6.45) is 12.1. The molecule has 0 bridgehead atoms. The van der Waals surface area contributed by atoms with Crippen molar-refractivity contribution in [3.05, 3.63) is 0 Å². The SMILES string of the molecule is S=C(NCC1CCCO1)NC1CCCCCCC1. The first kappa shape index (κ1) is 14.1. The Balaban J connectivity index is 1.62. The quantitative estimate of drug-likeness (QED) is 0.773. The van der Waals surface area contributed by atoms with Crippen LogP contribution in [0.2, 0.25) is 0 Å². The highest BCUT2D eigenvalue weighted by molar-refractivity contribution is 7.80. The summed E-state index contributed by atoms with van der Waals surface area (Å²) in [7, 11) is 0. The van der Waals surface area contributed by atoms with Crippen molar-refractivity contribution in [1.82, 2.24) is 10.6 Å². The van der Waals surface area contributed by atoms with Crippen molar-refractivity contribution >= 4 is 17.3 Å². The molecule has 4 heteroatoms. The van der Waals surface area contributed by atoms with Crippen LogP contribution in [0.25, 0.3) is 0 Å². The largest absolute Gasteiger partial charge is 0.376 e. The molecule has 0 amide bonds. The maximum absolute atomic E-state index is 5.58. The van der Waals surface area contributed by atoms with Crippen LogP contribution in [0, 0.1) is 0 Å². The van der Waals surface area contributed by atoms with E-state index in [1.165, 1.54) is 57.8 Å². The molecule has 1 heterocycles. The Morgan fingerprint density at radius 1 is 1.00 bits per heavy atom. The van der Waals surface area contributed by atoms with Crippen LogP contribution in [0.5, 0.6) is 0 Å². The Labute approximate surface area is 116 Å². The molecule has 1 unspecified atom stereocenters. The fraction of sp³-hybridized carbons (Fsp3) is 0.929. The van der Waals surface area contributed by atoms with Gasteiger partial charge in [0.1, 0.15) is 0 Å². The first-order chi connectivity index (χ1) is 8.84. The van der Waals surface area contributed by atoms with Crippen molar-refractivity contribution in [2.24, 2.45) is 0 Å². The first-order valence-electron chi connectivity index (χ1n) is 7.50. The molecule has 3 nitrogen and oxygen atoms in total. The number of rotatable bonds is 3. The van der Waals surface area contributed by atoms with Crippen molar-refractivity contribution in [2.45, 2.75) is 69.9 Å². The van der Waals surface area contributed by atoms with Crippen LogP contribution in [-0.2, 0) is 4.74 Å². The lowest BCUT2D eigenvalue weighted by Gasteiger charge is -2.23. The van der Waals surface area contributed by atoms with Gasteiger partial charge in [0.2, 0.25) is 0 Å². The molecule has 0 spiro atoms. The van der Waals surface area contributed by atoms with Crippen LogP contribution < -0.4 is 10.6 Å². The van der Waals surface area contributed by atoms with Gasteiger partial charge >= 0.3 is 0 Å². The third-order valence-electron chi connectivity index (χ3n) is 3.95. The number of thiocarbonyl (C=S) groups is 1. The van der Waals surface area contributed by atoms with Gasteiger partial charge in [-0.25, -0.2) is 0 Å². The van der Waals surface area contributed by atoms with E-state index in [1.807, 2.05) is 0 Å². The Morgan fingerprint density at radius 3 is 2.39 bits per heavy atom. The average Bonchev–Trinajstić information content (AvgIpc) is 2.83. The van der Waals surface area contributed by atoms with Gasteiger partial charge in [-0.05, 0) is 37.9 Å². The van der Waals surface area contributed by atoms with E-state index in [-0.39, 0.29) is 0 Å². The molecule has 2 aliphatic rings. The fourth-order valence-electron chi connectivity index (χ4n) is 2.85. The zero-order valence-electron chi connectivity index (χ0n) is 11.2. The van der Waals surface area contributed by atoms with Gasteiger partial charge in [-0.2, -0.15) is 0 Å². The molecule has 104 valence electrons. The number of hydrogen-bond donors (Lipinski definition) is 2. The fourth-order valence-corrected chi connectivity index (χ4v) is 3.10. The van der Waals surface area contributed by atoms with Crippen molar-refractivity contribution in [3.8, 4) is 0 Å². The molecule has 1 saturated heterocycles. The summed E-state index contributed by atoms with van der Waals surface area (Å²) in [6, 6.07) is 0.579. The van der Waals surface area contributed by atoms with Gasteiger partial charge in [0.25, 0.3) is 0 Å². The molecule has 18 heavy (non-hydrogen) atoms. The summed E-state index contributed by atoms with van der Waals surface area (Å²) in [5.74, 6) is 0. The van der Waals surface area contributed by atoms with Crippen molar-refractivity contribution in [2.75, 3.05) is 13.2 Å². The van der Waals surface area contributed by atoms with E-state index in [4.69, 9.17) is 17.0 Å². The van der Waals surface area contributed by atoms with Gasteiger partial charge in [-0.15, -0.1) is 0 Å². The Hall–Kier alpha value is -0.350. The molecule has 0 aromatic heterocycles. The summed E-state index contributed by atoms with van der Waals surface area (Å²) < 4.78 is 5.58. The van der Waals surface area contributed by atoms with Gasteiger partial charge in [0, 0.05) is 19.2 Å². The van der Waals surface area contributed by atoms with Crippen LogP contribution in [0.4, 0.5) is 0 Å². The van der Waals surface area contributed by atoms with Crippen LogP contribution in [0.3, 0.4) is 0 Å². The Kier molecular flexibility index (Phi) is 6.21. The lowest BCUT2D eigenvalue weighted by Crippen LogP contribution is -2.44. The molecule has 2 rings (SSSR count). The minimum Gasteiger partial charge on any atom is -0.376 e. The predicted octanol–water partition coefficient (Wildman–Crippen LogP) is 2.74. The highest BCUT2D eigenvalue weighted by Gasteiger charge is 2.16. The molecular formula is C14H26N2OS. The summed E-state index contributed by atoms with van der Waals surface area (Å²) in [6.45, 7) is 1.77. The van der Waals surface area contributed by atoms with E-state index in [1.54, 1.807) is 0 Å². The summed E-state index contributed by atoms with van der Waals surface area (Å²) in [5, 5.41) is 7.59. The maximum atomic E-state index is 5.58. The highest BCUT2D eigenvalue weighted by Crippen LogP contribution is 2.17. The third kappa shape index (κ3) is 5.11. The normalized spacial score (nSPS) is 26.3. The van der Waals surface area contributed by atoms with Crippen LogP contribution in [0.15, 0.2) is 0 Å². The summed E-state index contributed by atoms with van der Waals surface area (Å²) in [5.41, 5.74) is 0. The second-order valence-electron chi connectivity index (χ2n) is 5.53. The third-order valence-corrected chi connectivity index (χ3v) is 4.22. The summed E-state index contributed by atoms with van der Waals surface area (Å²) >= 11 is 5.37. The molecule has 2 N–H and O–H groups in total. The second-order valence-corrected chi connectivity index (χ2v) is 5.94. The molecule has 1 atom stereocenters. The average molecular weight is 270 g/mol. The topological polar surface area (TPSA) is 33.3 Å². The second kappa shape index (κ2) is 7.95. The van der Waals surface area contributed by atoms with Crippen molar-refractivity contribution in [3.63, 3.8) is 0 Å². The van der Waals surface area contributed by atoms with E-state index in [0.29, 0.717) is 12.1 Å². The van der Waals surface area contributed by atoms with Crippen LogP contribution in [0.1, 0.15) is 57.8 Å². The highest BCUT2D eigenvalue weighted by atomic mass is 32.1. The molecular weight excluding hydrogens is 244 g/mol. The van der Waals surface area contributed by atoms with Crippen LogP contribution >= 0.6 is 12.2 Å². The predicted molar refractivity (Wildman–Crippen MR) is 78.8 cm³/mol. The van der Waals surface area contributed by atoms with E-state index in [0.717, 1.165) is 18.3 Å². The number of ether oxygens (including phenoxy) is 1. The van der Waals surface area contributed by atoms with E-state index in [9.17, 15) is 0 Å². The number of nitrogens with one attached hydrogen (secondary N) is 2. The lowest BCUT2D eigenvalue weighted by atomic mass is 9.97. The minimum atomic E-state index is 0.363. The van der Waals surface area contributed by atoms with Gasteiger partial charge in [-0.1, -0.05) is 32.1 Å². The zero-order valence-corrected chi connectivity index (χ0v) is 12.1. The van der Waals surface area contributed by atoms with Crippen LogP contribution in [-0.4, -0.2) is 30.4 Å². The standard InChI is InChI=1S/C14H26N2OS/c18-14(15-11-13-9-6-10-17-13)16-12-7-4-2-1-3-5-8-12/h12-13H,1-11H2,(H2,15,16,18). The molecule has 2 fully saturated rings. The smallest absolute Gasteiger partial charge is 0.166 e. The molecule has 0 radical (unpaired) electrons. The van der Waals surface area contributed by atoms with E-state index < -0.39 is 0 Å². The minimum absolute atomic E-state index is 0.363. The zero-order chi connectivity index (χ0) is 12.6. The van der Waals surface area contributed by atoms with Crippen molar-refractivity contribution in [1.29, 1.82) is 0 Å². The van der Waals surface area contributed by atoms with E-state index in [2.05, 4.69) is 10.6 Å². The molecule has 1 saturated carbocycles. The first-order valence-corrected chi connectivity index (χ1v) is 7.91. The monoisotopic (exact) mass is 270 g/mol. The Bertz CT molecular complexity index is 246. The maximum Gasteiger partial charge on any atom is 0.166 e. The molecule has 1 aliphatic carbocycles. The molecule has 1 aliphatic heterocycles. The van der Waals surface area contributed by atoms with Gasteiger partial charge < -0.3 is 15.4 Å². The van der Waals surface area contributed by atoms with E-state index >= 15 is 0 Å². The van der Waals surface area contributed by atoms with Gasteiger partial charge in [-0.3, -0.25) is 0 Å². The van der Waals surface area contributed by atoms with Crippen molar-refractivity contribution < 1.29 is 4.74 Å². The molecule has 0 aromatic rings. The summed E-state index contributed by atoms with van der Waals surface area (Å²) in [4.78, 5) is 0. The lowest BCUT2D eigenvalue weighted by molar-refractivity contribution is 0.114.